The van der Waals surface area contributed by atoms with Crippen LogP contribution in [0.5, 0.6) is 5.75 Å². The molecule has 2 aromatic carbocycles. The number of carbonyl (C=O) groups is 2. The van der Waals surface area contributed by atoms with E-state index < -0.39 is 11.8 Å². The van der Waals surface area contributed by atoms with Crippen LogP contribution in [0.2, 0.25) is 0 Å². The van der Waals surface area contributed by atoms with E-state index in [0.29, 0.717) is 18.0 Å². The molecule has 0 aliphatic rings. The van der Waals surface area contributed by atoms with Crippen molar-refractivity contribution in [3.8, 4) is 5.75 Å². The fraction of sp³-hybridized carbons (Fsp3) is 0.263. The highest BCUT2D eigenvalue weighted by Gasteiger charge is 2.19. The number of hydrogen-bond donors (Lipinski definition) is 2. The summed E-state index contributed by atoms with van der Waals surface area (Å²) in [5, 5.41) is 5.29. The lowest BCUT2D eigenvalue weighted by Gasteiger charge is -2.18. The number of amides is 2. The average molecular weight is 405 g/mol. The van der Waals surface area contributed by atoms with E-state index in [1.165, 1.54) is 0 Å². The fourth-order valence-corrected chi connectivity index (χ4v) is 2.79. The SMILES string of the molecule is CCOc1ccc(C)cc1C(C)NC(=O)C(=O)Nc1cccc(Br)c1. The van der Waals surface area contributed by atoms with E-state index in [4.69, 9.17) is 4.74 Å². The molecule has 0 aliphatic carbocycles. The smallest absolute Gasteiger partial charge is 0.313 e. The van der Waals surface area contributed by atoms with Crippen LogP contribution in [0, 0.1) is 6.92 Å². The van der Waals surface area contributed by atoms with Crippen LogP contribution in [0.4, 0.5) is 5.69 Å². The minimum absolute atomic E-state index is 0.359. The molecule has 0 bridgehead atoms. The summed E-state index contributed by atoms with van der Waals surface area (Å²) in [5.41, 5.74) is 2.44. The summed E-state index contributed by atoms with van der Waals surface area (Å²) in [5.74, 6) is -0.708. The van der Waals surface area contributed by atoms with Gasteiger partial charge in [-0.05, 0) is 45.0 Å². The first kappa shape index (κ1) is 19.0. The van der Waals surface area contributed by atoms with Crippen molar-refractivity contribution in [2.24, 2.45) is 0 Å². The number of rotatable bonds is 5. The lowest BCUT2D eigenvalue weighted by molar-refractivity contribution is -0.136. The normalized spacial score (nSPS) is 11.5. The number of ether oxygens (including phenoxy) is 1. The summed E-state index contributed by atoms with van der Waals surface area (Å²) in [6.07, 6.45) is 0. The van der Waals surface area contributed by atoms with Crippen molar-refractivity contribution in [3.05, 3.63) is 58.1 Å². The Hall–Kier alpha value is -2.34. The van der Waals surface area contributed by atoms with Gasteiger partial charge in [0.15, 0.2) is 0 Å². The van der Waals surface area contributed by atoms with Crippen LogP contribution in [0.25, 0.3) is 0 Å². The van der Waals surface area contributed by atoms with Crippen LogP contribution in [0.3, 0.4) is 0 Å². The number of halogens is 1. The Morgan fingerprint density at radius 2 is 1.92 bits per heavy atom. The highest BCUT2D eigenvalue weighted by Crippen LogP contribution is 2.26. The Kier molecular flexibility index (Phi) is 6.58. The van der Waals surface area contributed by atoms with Gasteiger partial charge >= 0.3 is 11.8 Å². The maximum atomic E-state index is 12.2. The van der Waals surface area contributed by atoms with Crippen molar-refractivity contribution in [2.45, 2.75) is 26.8 Å². The van der Waals surface area contributed by atoms with Gasteiger partial charge < -0.3 is 15.4 Å². The van der Waals surface area contributed by atoms with Crippen molar-refractivity contribution in [1.82, 2.24) is 5.32 Å². The van der Waals surface area contributed by atoms with Crippen LogP contribution in [-0.2, 0) is 9.59 Å². The first-order valence-electron chi connectivity index (χ1n) is 8.01. The Bertz CT molecular complexity index is 777. The molecule has 2 rings (SSSR count). The quantitative estimate of drug-likeness (QED) is 0.740. The van der Waals surface area contributed by atoms with E-state index in [-0.39, 0.29) is 6.04 Å². The monoisotopic (exact) mass is 404 g/mol. The van der Waals surface area contributed by atoms with Gasteiger partial charge in [-0.25, -0.2) is 0 Å². The van der Waals surface area contributed by atoms with E-state index in [0.717, 1.165) is 15.6 Å². The molecule has 0 aliphatic heterocycles. The van der Waals surface area contributed by atoms with Crippen LogP contribution < -0.4 is 15.4 Å². The number of benzene rings is 2. The molecule has 0 saturated heterocycles. The van der Waals surface area contributed by atoms with Gasteiger partial charge in [0.25, 0.3) is 0 Å². The maximum absolute atomic E-state index is 12.2. The Balaban J connectivity index is 2.06. The number of hydrogen-bond acceptors (Lipinski definition) is 3. The number of aryl methyl sites for hydroxylation is 1. The lowest BCUT2D eigenvalue weighted by Crippen LogP contribution is -2.37. The van der Waals surface area contributed by atoms with Crippen LogP contribution >= 0.6 is 15.9 Å². The highest BCUT2D eigenvalue weighted by atomic mass is 79.9. The summed E-state index contributed by atoms with van der Waals surface area (Å²) < 4.78 is 6.43. The molecule has 5 nitrogen and oxygen atoms in total. The second-order valence-corrected chi connectivity index (χ2v) is 6.55. The molecule has 0 spiro atoms. The molecular formula is C19H21BrN2O3. The highest BCUT2D eigenvalue weighted by molar-refractivity contribution is 9.10. The first-order valence-corrected chi connectivity index (χ1v) is 8.80. The summed E-state index contributed by atoms with van der Waals surface area (Å²) in [7, 11) is 0. The third kappa shape index (κ3) is 5.32. The maximum Gasteiger partial charge on any atom is 0.313 e. The van der Waals surface area contributed by atoms with Gasteiger partial charge in [-0.2, -0.15) is 0 Å². The van der Waals surface area contributed by atoms with Gasteiger partial charge in [0.1, 0.15) is 5.75 Å². The van der Waals surface area contributed by atoms with E-state index in [1.54, 1.807) is 18.2 Å². The molecule has 25 heavy (non-hydrogen) atoms. The molecule has 0 aromatic heterocycles. The summed E-state index contributed by atoms with van der Waals surface area (Å²) in [6.45, 7) is 6.22. The molecule has 0 radical (unpaired) electrons. The molecule has 2 N–H and O–H groups in total. The second kappa shape index (κ2) is 8.67. The summed E-state index contributed by atoms with van der Waals surface area (Å²) >= 11 is 3.32. The molecule has 6 heteroatoms. The van der Waals surface area contributed by atoms with Gasteiger partial charge in [-0.3, -0.25) is 9.59 Å². The number of nitrogens with one attached hydrogen (secondary N) is 2. The fourth-order valence-electron chi connectivity index (χ4n) is 2.39. The van der Waals surface area contributed by atoms with E-state index in [2.05, 4.69) is 26.6 Å². The Morgan fingerprint density at radius 1 is 1.16 bits per heavy atom. The van der Waals surface area contributed by atoms with Crippen LogP contribution in [0.15, 0.2) is 46.9 Å². The van der Waals surface area contributed by atoms with Gasteiger partial charge in [-0.15, -0.1) is 0 Å². The van der Waals surface area contributed by atoms with Crippen molar-refractivity contribution in [3.63, 3.8) is 0 Å². The van der Waals surface area contributed by atoms with Crippen LogP contribution in [-0.4, -0.2) is 18.4 Å². The van der Waals surface area contributed by atoms with Crippen molar-refractivity contribution < 1.29 is 14.3 Å². The van der Waals surface area contributed by atoms with Crippen molar-refractivity contribution in [2.75, 3.05) is 11.9 Å². The molecule has 132 valence electrons. The minimum atomic E-state index is -0.712. The van der Waals surface area contributed by atoms with Gasteiger partial charge in [-0.1, -0.05) is 39.7 Å². The molecule has 0 saturated carbocycles. The second-order valence-electron chi connectivity index (χ2n) is 5.63. The van der Waals surface area contributed by atoms with Crippen LogP contribution in [0.1, 0.15) is 31.0 Å². The summed E-state index contributed by atoms with van der Waals surface area (Å²) in [6, 6.07) is 12.5. The van der Waals surface area contributed by atoms with E-state index in [9.17, 15) is 9.59 Å². The Morgan fingerprint density at radius 3 is 2.60 bits per heavy atom. The lowest BCUT2D eigenvalue weighted by atomic mass is 10.0. The van der Waals surface area contributed by atoms with Crippen molar-refractivity contribution >= 4 is 33.4 Å². The molecule has 2 amide bonds. The Labute approximate surface area is 155 Å². The third-order valence-electron chi connectivity index (χ3n) is 3.57. The number of anilines is 1. The largest absolute Gasteiger partial charge is 0.494 e. The molecule has 2 aromatic rings. The predicted octanol–water partition coefficient (Wildman–Crippen LogP) is 3.97. The van der Waals surface area contributed by atoms with Gasteiger partial charge in [0.05, 0.1) is 12.6 Å². The molecule has 1 unspecified atom stereocenters. The molecule has 0 heterocycles. The van der Waals surface area contributed by atoms with E-state index in [1.807, 2.05) is 45.0 Å². The molecule has 1 atom stereocenters. The van der Waals surface area contributed by atoms with Crippen molar-refractivity contribution in [1.29, 1.82) is 0 Å². The van der Waals surface area contributed by atoms with Gasteiger partial charge in [0, 0.05) is 15.7 Å². The average Bonchev–Trinajstić information content (AvgIpc) is 2.56. The van der Waals surface area contributed by atoms with E-state index >= 15 is 0 Å². The predicted molar refractivity (Wildman–Crippen MR) is 102 cm³/mol. The zero-order valence-corrected chi connectivity index (χ0v) is 16.0. The number of carbonyl (C=O) groups excluding carboxylic acids is 2. The third-order valence-corrected chi connectivity index (χ3v) is 4.06. The summed E-state index contributed by atoms with van der Waals surface area (Å²) in [4.78, 5) is 24.3. The minimum Gasteiger partial charge on any atom is -0.494 e. The zero-order chi connectivity index (χ0) is 18.4. The van der Waals surface area contributed by atoms with Gasteiger partial charge in [0.2, 0.25) is 0 Å². The molecule has 0 fully saturated rings. The standard InChI is InChI=1S/C19H21BrN2O3/c1-4-25-17-9-8-12(2)10-16(17)13(3)21-18(23)19(24)22-15-7-5-6-14(20)11-15/h5-11,13H,4H2,1-3H3,(H,21,23)(H,22,24). The first-order chi connectivity index (χ1) is 11.9. The topological polar surface area (TPSA) is 67.4 Å². The zero-order valence-electron chi connectivity index (χ0n) is 14.4. The molecular weight excluding hydrogens is 384 g/mol.